The number of hydrogen-bond acceptors (Lipinski definition) is 6. The molecule has 3 heterocycles. The van der Waals surface area contributed by atoms with Crippen LogP contribution in [0.5, 0.6) is 0 Å². The number of hydrogen-bond donors (Lipinski definition) is 0. The molecule has 0 saturated carbocycles. The number of fused-ring (bicyclic) bond motifs is 1. The Labute approximate surface area is 156 Å². The first-order chi connectivity index (χ1) is 12.7. The Balaban J connectivity index is 1.43. The zero-order chi connectivity index (χ0) is 17.9. The van der Waals surface area contributed by atoms with Gasteiger partial charge in [-0.15, -0.1) is 11.3 Å². The maximum Gasteiger partial charge on any atom is 0.228 e. The van der Waals surface area contributed by atoms with Crippen LogP contribution in [0.4, 0.5) is 5.82 Å². The molecule has 7 heteroatoms. The fraction of sp³-hybridized carbons (Fsp3) is 0.368. The Hall–Kier alpha value is -2.54. The van der Waals surface area contributed by atoms with E-state index in [-0.39, 0.29) is 5.91 Å². The molecule has 0 spiro atoms. The Morgan fingerprint density at radius 2 is 1.96 bits per heavy atom. The lowest BCUT2D eigenvalue weighted by molar-refractivity contribution is -0.130. The summed E-state index contributed by atoms with van der Waals surface area (Å²) in [6.45, 7) is 5.10. The topological polar surface area (TPSA) is 62.2 Å². The third-order valence-corrected chi connectivity index (χ3v) is 5.43. The van der Waals surface area contributed by atoms with Crippen LogP contribution in [0, 0.1) is 6.92 Å². The lowest BCUT2D eigenvalue weighted by Crippen LogP contribution is -2.36. The van der Waals surface area contributed by atoms with Crippen LogP contribution in [0.1, 0.15) is 17.1 Å². The highest BCUT2D eigenvalue weighted by atomic mass is 32.1. The maximum atomic E-state index is 12.6. The van der Waals surface area contributed by atoms with Crippen LogP contribution in [0.2, 0.25) is 0 Å². The van der Waals surface area contributed by atoms with Gasteiger partial charge in [-0.3, -0.25) is 9.78 Å². The standard InChI is InChI=1S/C19H21N5OS/c1-14-21-15(13-26-14)11-19(25)24-8-4-7-23(9-10-24)18-12-20-16-5-2-3-6-17(16)22-18/h2-3,5-6,12-13H,4,7-11H2,1H3. The molecule has 0 radical (unpaired) electrons. The highest BCUT2D eigenvalue weighted by molar-refractivity contribution is 7.09. The highest BCUT2D eigenvalue weighted by Gasteiger charge is 2.21. The van der Waals surface area contributed by atoms with Gasteiger partial charge in [0.25, 0.3) is 0 Å². The van der Waals surface area contributed by atoms with Gasteiger partial charge in [-0.25, -0.2) is 9.97 Å². The van der Waals surface area contributed by atoms with E-state index in [9.17, 15) is 4.79 Å². The first-order valence-electron chi connectivity index (χ1n) is 8.84. The van der Waals surface area contributed by atoms with Gasteiger partial charge in [0.1, 0.15) is 5.82 Å². The molecule has 6 nitrogen and oxygen atoms in total. The molecule has 134 valence electrons. The Morgan fingerprint density at radius 1 is 1.12 bits per heavy atom. The van der Waals surface area contributed by atoms with Gasteiger partial charge < -0.3 is 9.80 Å². The molecule has 1 aliphatic rings. The first-order valence-corrected chi connectivity index (χ1v) is 9.72. The quantitative estimate of drug-likeness (QED) is 0.712. The van der Waals surface area contributed by atoms with Crippen molar-refractivity contribution in [2.75, 3.05) is 31.1 Å². The smallest absolute Gasteiger partial charge is 0.228 e. The van der Waals surface area contributed by atoms with Crippen LogP contribution in [-0.2, 0) is 11.2 Å². The summed E-state index contributed by atoms with van der Waals surface area (Å²) in [7, 11) is 0. The predicted octanol–water partition coefficient (Wildman–Crippen LogP) is 2.68. The van der Waals surface area contributed by atoms with E-state index in [1.165, 1.54) is 0 Å². The van der Waals surface area contributed by atoms with Crippen LogP contribution in [0.3, 0.4) is 0 Å². The lowest BCUT2D eigenvalue weighted by atomic mass is 10.3. The molecular formula is C19H21N5OS. The molecule has 1 aliphatic heterocycles. The second-order valence-corrected chi connectivity index (χ2v) is 7.54. The fourth-order valence-corrected chi connectivity index (χ4v) is 3.86. The number of aromatic nitrogens is 3. The molecule has 26 heavy (non-hydrogen) atoms. The first kappa shape index (κ1) is 16.9. The maximum absolute atomic E-state index is 12.6. The van der Waals surface area contributed by atoms with E-state index < -0.39 is 0 Å². The number of anilines is 1. The third-order valence-electron chi connectivity index (χ3n) is 4.61. The Kier molecular flexibility index (Phi) is 4.79. The van der Waals surface area contributed by atoms with Gasteiger partial charge >= 0.3 is 0 Å². The number of rotatable bonds is 3. The predicted molar refractivity (Wildman–Crippen MR) is 104 cm³/mol. The molecule has 2 aromatic heterocycles. The van der Waals surface area contributed by atoms with Crippen molar-refractivity contribution in [1.29, 1.82) is 0 Å². The average Bonchev–Trinajstić information content (AvgIpc) is 2.92. The molecule has 1 fully saturated rings. The van der Waals surface area contributed by atoms with Crippen molar-refractivity contribution in [1.82, 2.24) is 19.9 Å². The summed E-state index contributed by atoms with van der Waals surface area (Å²) in [5, 5.41) is 2.98. The highest BCUT2D eigenvalue weighted by Crippen LogP contribution is 2.17. The van der Waals surface area contributed by atoms with E-state index in [2.05, 4.69) is 14.9 Å². The second kappa shape index (κ2) is 7.37. The number of aryl methyl sites for hydroxylation is 1. The number of carbonyl (C=O) groups is 1. The molecule has 0 N–H and O–H groups in total. The summed E-state index contributed by atoms with van der Waals surface area (Å²) in [5.41, 5.74) is 2.68. The van der Waals surface area contributed by atoms with Crippen LogP contribution in [0.15, 0.2) is 35.8 Å². The molecule has 4 rings (SSSR count). The lowest BCUT2D eigenvalue weighted by Gasteiger charge is -2.22. The molecule has 1 saturated heterocycles. The number of amides is 1. The van der Waals surface area contributed by atoms with Gasteiger partial charge in [-0.05, 0) is 25.5 Å². The molecule has 0 aliphatic carbocycles. The van der Waals surface area contributed by atoms with Crippen molar-refractivity contribution < 1.29 is 4.79 Å². The second-order valence-electron chi connectivity index (χ2n) is 6.47. The van der Waals surface area contributed by atoms with E-state index >= 15 is 0 Å². The molecule has 0 atom stereocenters. The van der Waals surface area contributed by atoms with E-state index in [1.54, 1.807) is 11.3 Å². The van der Waals surface area contributed by atoms with Crippen LogP contribution >= 0.6 is 11.3 Å². The molecular weight excluding hydrogens is 346 g/mol. The minimum atomic E-state index is 0.154. The number of thiazole rings is 1. The minimum Gasteiger partial charge on any atom is -0.353 e. The fourth-order valence-electron chi connectivity index (χ4n) is 3.25. The van der Waals surface area contributed by atoms with Crippen molar-refractivity contribution in [2.45, 2.75) is 19.8 Å². The Bertz CT molecular complexity index is 925. The van der Waals surface area contributed by atoms with Gasteiger partial charge in [-0.1, -0.05) is 12.1 Å². The van der Waals surface area contributed by atoms with Gasteiger partial charge in [0.15, 0.2) is 0 Å². The number of para-hydroxylation sites is 2. The average molecular weight is 367 g/mol. The number of carbonyl (C=O) groups excluding carboxylic acids is 1. The van der Waals surface area contributed by atoms with Crippen LogP contribution in [0.25, 0.3) is 11.0 Å². The summed E-state index contributed by atoms with van der Waals surface area (Å²) >= 11 is 1.59. The largest absolute Gasteiger partial charge is 0.353 e. The minimum absolute atomic E-state index is 0.154. The molecule has 0 unspecified atom stereocenters. The molecule has 0 bridgehead atoms. The van der Waals surface area contributed by atoms with E-state index in [1.807, 2.05) is 47.7 Å². The van der Waals surface area contributed by atoms with Gasteiger partial charge in [0, 0.05) is 31.6 Å². The number of benzene rings is 1. The van der Waals surface area contributed by atoms with Gasteiger partial charge in [0.05, 0.1) is 34.4 Å². The summed E-state index contributed by atoms with van der Waals surface area (Å²) < 4.78 is 0. The monoisotopic (exact) mass is 367 g/mol. The summed E-state index contributed by atoms with van der Waals surface area (Å²) in [6.07, 6.45) is 3.15. The van der Waals surface area contributed by atoms with E-state index in [0.29, 0.717) is 13.0 Å². The Morgan fingerprint density at radius 3 is 2.77 bits per heavy atom. The van der Waals surface area contributed by atoms with E-state index in [4.69, 9.17) is 4.98 Å². The molecule has 1 aromatic carbocycles. The summed E-state index contributed by atoms with van der Waals surface area (Å²) in [4.78, 5) is 30.4. The zero-order valence-electron chi connectivity index (χ0n) is 14.8. The van der Waals surface area contributed by atoms with E-state index in [0.717, 1.165) is 53.6 Å². The van der Waals surface area contributed by atoms with Crippen LogP contribution < -0.4 is 4.90 Å². The SMILES string of the molecule is Cc1nc(CC(=O)N2CCCN(c3cnc4ccccc4n3)CC2)cs1. The van der Waals surface area contributed by atoms with Crippen LogP contribution in [-0.4, -0.2) is 51.9 Å². The molecule has 1 amide bonds. The summed E-state index contributed by atoms with van der Waals surface area (Å²) in [6, 6.07) is 7.89. The van der Waals surface area contributed by atoms with Gasteiger partial charge in [-0.2, -0.15) is 0 Å². The van der Waals surface area contributed by atoms with Crippen molar-refractivity contribution in [3.05, 3.63) is 46.5 Å². The van der Waals surface area contributed by atoms with Crippen molar-refractivity contribution in [2.24, 2.45) is 0 Å². The zero-order valence-corrected chi connectivity index (χ0v) is 15.6. The normalized spacial score (nSPS) is 15.3. The molecule has 3 aromatic rings. The third kappa shape index (κ3) is 3.67. The number of nitrogens with zero attached hydrogens (tertiary/aromatic N) is 5. The van der Waals surface area contributed by atoms with Gasteiger partial charge in [0.2, 0.25) is 5.91 Å². The van der Waals surface area contributed by atoms with Crippen molar-refractivity contribution >= 4 is 34.1 Å². The van der Waals surface area contributed by atoms with Crippen molar-refractivity contribution in [3.8, 4) is 0 Å². The van der Waals surface area contributed by atoms with Crippen molar-refractivity contribution in [3.63, 3.8) is 0 Å². The summed E-state index contributed by atoms with van der Waals surface area (Å²) in [5.74, 6) is 1.04.